The first-order chi connectivity index (χ1) is 12.0. The summed E-state index contributed by atoms with van der Waals surface area (Å²) < 4.78 is 5.38. The molecule has 1 amide bonds. The Balaban J connectivity index is 1.81. The van der Waals surface area contributed by atoms with Gasteiger partial charge in [-0.2, -0.15) is 0 Å². The number of rotatable bonds is 8. The Labute approximate surface area is 149 Å². The number of pyridine rings is 1. The van der Waals surface area contributed by atoms with Gasteiger partial charge in [-0.25, -0.2) is 4.98 Å². The van der Waals surface area contributed by atoms with E-state index in [9.17, 15) is 9.59 Å². The van der Waals surface area contributed by atoms with Gasteiger partial charge in [-0.3, -0.25) is 9.59 Å². The molecule has 1 saturated carbocycles. The monoisotopic (exact) mass is 363 g/mol. The molecule has 7 nitrogen and oxygen atoms in total. The van der Waals surface area contributed by atoms with E-state index in [0.717, 1.165) is 24.2 Å². The molecule has 2 N–H and O–H groups in total. The number of hydrogen-bond donors (Lipinski definition) is 2. The highest BCUT2D eigenvalue weighted by molar-refractivity contribution is 7.99. The van der Waals surface area contributed by atoms with E-state index in [4.69, 9.17) is 9.63 Å². The lowest BCUT2D eigenvalue weighted by Crippen LogP contribution is -2.26. The number of nitrogens with zero attached hydrogens (tertiary/aromatic N) is 2. The number of thioether (sulfide) groups is 1. The molecule has 0 unspecified atom stereocenters. The first-order valence-corrected chi connectivity index (χ1v) is 9.50. The SMILES string of the molecule is CC(C)c1noc2nc(C3CC3)cc(C(=O)NCCSCC(=O)O)c12. The minimum Gasteiger partial charge on any atom is -0.481 e. The fraction of sp³-hybridized carbons (Fsp3) is 0.529. The highest BCUT2D eigenvalue weighted by Crippen LogP contribution is 2.41. The molecule has 0 aromatic carbocycles. The molecule has 2 aromatic rings. The summed E-state index contributed by atoms with van der Waals surface area (Å²) in [5, 5.41) is 16.3. The van der Waals surface area contributed by atoms with Gasteiger partial charge < -0.3 is 14.9 Å². The molecule has 0 atom stereocenters. The van der Waals surface area contributed by atoms with E-state index in [1.54, 1.807) is 0 Å². The zero-order valence-electron chi connectivity index (χ0n) is 14.2. The summed E-state index contributed by atoms with van der Waals surface area (Å²) >= 11 is 1.27. The smallest absolute Gasteiger partial charge is 0.313 e. The minimum absolute atomic E-state index is 0.0321. The zero-order valence-corrected chi connectivity index (χ0v) is 15.1. The number of amides is 1. The Morgan fingerprint density at radius 2 is 2.20 bits per heavy atom. The van der Waals surface area contributed by atoms with E-state index in [1.807, 2.05) is 19.9 Å². The van der Waals surface area contributed by atoms with Crippen LogP contribution < -0.4 is 5.32 Å². The Hall–Kier alpha value is -2.09. The summed E-state index contributed by atoms with van der Waals surface area (Å²) in [5.74, 6) is 0.0389. The van der Waals surface area contributed by atoms with Crippen LogP contribution in [0.25, 0.3) is 11.1 Å². The van der Waals surface area contributed by atoms with E-state index in [2.05, 4.69) is 15.5 Å². The second-order valence-corrected chi connectivity index (χ2v) is 7.58. The van der Waals surface area contributed by atoms with Crippen molar-refractivity contribution in [3.05, 3.63) is 23.0 Å². The first-order valence-electron chi connectivity index (χ1n) is 8.35. The number of aromatic nitrogens is 2. The van der Waals surface area contributed by atoms with Gasteiger partial charge in [0.2, 0.25) is 0 Å². The summed E-state index contributed by atoms with van der Waals surface area (Å²) in [6, 6.07) is 1.85. The lowest BCUT2D eigenvalue weighted by molar-refractivity contribution is -0.133. The van der Waals surface area contributed by atoms with Gasteiger partial charge in [0.05, 0.1) is 22.4 Å². The third kappa shape index (κ3) is 4.12. The standard InChI is InChI=1S/C17H21N3O4S/c1-9(2)15-14-11(16(23)18-5-6-25-8-13(21)22)7-12(10-3-4-10)19-17(14)24-20-15/h7,9-10H,3-6,8H2,1-2H3,(H,18,23)(H,21,22). The predicted octanol–water partition coefficient (Wildman–Crippen LogP) is 2.77. The van der Waals surface area contributed by atoms with Crippen LogP contribution in [-0.4, -0.2) is 45.2 Å². The van der Waals surface area contributed by atoms with Crippen molar-refractivity contribution in [1.82, 2.24) is 15.5 Å². The molecule has 2 aromatic heterocycles. The molecular formula is C17H21N3O4S. The molecule has 25 heavy (non-hydrogen) atoms. The maximum Gasteiger partial charge on any atom is 0.313 e. The average Bonchev–Trinajstić information content (AvgIpc) is 3.32. The summed E-state index contributed by atoms with van der Waals surface area (Å²) in [6.45, 7) is 4.40. The lowest BCUT2D eigenvalue weighted by atomic mass is 10.0. The fourth-order valence-electron chi connectivity index (χ4n) is 2.65. The van der Waals surface area contributed by atoms with Crippen LogP contribution >= 0.6 is 11.8 Å². The number of carbonyl (C=O) groups is 2. The number of nitrogens with one attached hydrogen (secondary N) is 1. The van der Waals surface area contributed by atoms with Gasteiger partial charge >= 0.3 is 5.97 Å². The van der Waals surface area contributed by atoms with Gasteiger partial charge in [0.1, 0.15) is 0 Å². The first kappa shape index (κ1) is 17.7. The second-order valence-electron chi connectivity index (χ2n) is 6.47. The predicted molar refractivity (Wildman–Crippen MR) is 95.2 cm³/mol. The molecule has 8 heteroatoms. The minimum atomic E-state index is -0.854. The Morgan fingerprint density at radius 1 is 1.44 bits per heavy atom. The van der Waals surface area contributed by atoms with Gasteiger partial charge in [-0.15, -0.1) is 11.8 Å². The van der Waals surface area contributed by atoms with Crippen molar-refractivity contribution < 1.29 is 19.2 Å². The summed E-state index contributed by atoms with van der Waals surface area (Å²) in [7, 11) is 0. The van der Waals surface area contributed by atoms with Crippen LogP contribution in [0.3, 0.4) is 0 Å². The van der Waals surface area contributed by atoms with Crippen LogP contribution in [0.1, 0.15) is 60.3 Å². The second kappa shape index (κ2) is 7.43. The molecule has 3 rings (SSSR count). The van der Waals surface area contributed by atoms with Crippen molar-refractivity contribution in [2.24, 2.45) is 0 Å². The topological polar surface area (TPSA) is 105 Å². The largest absolute Gasteiger partial charge is 0.481 e. The highest BCUT2D eigenvalue weighted by atomic mass is 32.2. The molecule has 2 heterocycles. The Morgan fingerprint density at radius 3 is 2.84 bits per heavy atom. The van der Waals surface area contributed by atoms with E-state index in [1.165, 1.54) is 11.8 Å². The Bertz CT molecular complexity index is 799. The maximum atomic E-state index is 12.7. The van der Waals surface area contributed by atoms with Crippen molar-refractivity contribution in [2.75, 3.05) is 18.1 Å². The van der Waals surface area contributed by atoms with Gasteiger partial charge in [-0.05, 0) is 24.8 Å². The quantitative estimate of drug-likeness (QED) is 0.695. The lowest BCUT2D eigenvalue weighted by Gasteiger charge is -2.09. The van der Waals surface area contributed by atoms with Gasteiger partial charge in [0.25, 0.3) is 11.6 Å². The summed E-state index contributed by atoms with van der Waals surface area (Å²) in [4.78, 5) is 27.7. The molecule has 0 saturated heterocycles. The van der Waals surface area contributed by atoms with Crippen molar-refractivity contribution in [3.63, 3.8) is 0 Å². The number of aliphatic carboxylic acids is 1. The molecule has 1 fully saturated rings. The highest BCUT2D eigenvalue weighted by Gasteiger charge is 2.29. The van der Waals surface area contributed by atoms with Crippen molar-refractivity contribution in [2.45, 2.75) is 38.5 Å². The molecule has 1 aliphatic rings. The molecule has 0 radical (unpaired) electrons. The molecule has 1 aliphatic carbocycles. The van der Waals surface area contributed by atoms with E-state index < -0.39 is 5.97 Å². The van der Waals surface area contributed by atoms with Crippen LogP contribution in [0.15, 0.2) is 10.6 Å². The van der Waals surface area contributed by atoms with E-state index in [-0.39, 0.29) is 17.6 Å². The number of carboxylic acids is 1. The number of fused-ring (bicyclic) bond motifs is 1. The third-order valence-electron chi connectivity index (χ3n) is 4.04. The molecule has 0 spiro atoms. The number of hydrogen-bond acceptors (Lipinski definition) is 6. The van der Waals surface area contributed by atoms with Crippen LogP contribution in [0.5, 0.6) is 0 Å². The van der Waals surface area contributed by atoms with E-state index >= 15 is 0 Å². The van der Waals surface area contributed by atoms with Crippen molar-refractivity contribution in [3.8, 4) is 0 Å². The molecule has 0 bridgehead atoms. The number of carbonyl (C=O) groups excluding carboxylic acids is 1. The van der Waals surface area contributed by atoms with Gasteiger partial charge in [0, 0.05) is 23.9 Å². The fourth-order valence-corrected chi connectivity index (χ4v) is 3.21. The normalized spacial score (nSPS) is 14.2. The third-order valence-corrected chi connectivity index (χ3v) is 4.98. The summed E-state index contributed by atoms with van der Waals surface area (Å²) in [5.41, 5.74) is 2.57. The van der Waals surface area contributed by atoms with Gasteiger partial charge in [0.15, 0.2) is 0 Å². The van der Waals surface area contributed by atoms with Crippen LogP contribution in [0.4, 0.5) is 0 Å². The van der Waals surface area contributed by atoms with Crippen LogP contribution in [-0.2, 0) is 4.79 Å². The van der Waals surface area contributed by atoms with Crippen LogP contribution in [0.2, 0.25) is 0 Å². The van der Waals surface area contributed by atoms with E-state index in [0.29, 0.717) is 34.9 Å². The molecule has 134 valence electrons. The van der Waals surface area contributed by atoms with Crippen LogP contribution in [0, 0.1) is 0 Å². The zero-order chi connectivity index (χ0) is 18.0. The average molecular weight is 363 g/mol. The van der Waals surface area contributed by atoms with Crippen molar-refractivity contribution >= 4 is 34.7 Å². The Kier molecular flexibility index (Phi) is 5.27. The summed E-state index contributed by atoms with van der Waals surface area (Å²) in [6.07, 6.45) is 2.16. The molecule has 0 aliphatic heterocycles. The van der Waals surface area contributed by atoms with Crippen molar-refractivity contribution in [1.29, 1.82) is 0 Å². The number of carboxylic acid groups (broad SMARTS) is 1. The maximum absolute atomic E-state index is 12.7. The molecular weight excluding hydrogens is 342 g/mol. The van der Waals surface area contributed by atoms with Gasteiger partial charge in [-0.1, -0.05) is 19.0 Å².